The van der Waals surface area contributed by atoms with Gasteiger partial charge in [-0.3, -0.25) is 0 Å². The maximum atomic E-state index is 5.83. The van der Waals surface area contributed by atoms with Crippen LogP contribution < -0.4 is 0 Å². The Balaban J connectivity index is 1.47. The molecule has 0 spiro atoms. The minimum atomic E-state index is 0.366. The van der Waals surface area contributed by atoms with Gasteiger partial charge in [0.15, 0.2) is 0 Å². The van der Waals surface area contributed by atoms with Gasteiger partial charge in [0, 0.05) is 6.61 Å². The van der Waals surface area contributed by atoms with Crippen molar-refractivity contribution in [2.45, 2.75) is 31.8 Å². The molecule has 0 N–H and O–H groups in total. The number of rotatable bonds is 6. The summed E-state index contributed by atoms with van der Waals surface area (Å²) in [5.74, 6) is 0. The summed E-state index contributed by atoms with van der Waals surface area (Å²) >= 11 is 0. The fourth-order valence-corrected chi connectivity index (χ4v) is 2.75. The summed E-state index contributed by atoms with van der Waals surface area (Å²) < 4.78 is 5.83. The van der Waals surface area contributed by atoms with Crippen LogP contribution in [0.3, 0.4) is 0 Å². The topological polar surface area (TPSA) is 9.23 Å². The molecule has 2 aromatic carbocycles. The van der Waals surface area contributed by atoms with Crippen molar-refractivity contribution < 1.29 is 4.74 Å². The number of ether oxygens (including phenoxy) is 1. The van der Waals surface area contributed by atoms with Crippen LogP contribution in [-0.4, -0.2) is 12.7 Å². The SMILES string of the molecule is C1=CC(OCCCc2ccc(-c3ccccc3)cc2)CC1. The van der Waals surface area contributed by atoms with Crippen molar-refractivity contribution in [1.29, 1.82) is 0 Å². The number of aryl methyl sites for hydroxylation is 1. The number of hydrogen-bond acceptors (Lipinski definition) is 1. The Kier molecular flexibility index (Phi) is 4.86. The molecule has 1 atom stereocenters. The molecule has 0 radical (unpaired) electrons. The Labute approximate surface area is 127 Å². The zero-order valence-corrected chi connectivity index (χ0v) is 12.4. The van der Waals surface area contributed by atoms with Crippen molar-refractivity contribution >= 4 is 0 Å². The van der Waals surface area contributed by atoms with Crippen LogP contribution in [0.4, 0.5) is 0 Å². The lowest BCUT2D eigenvalue weighted by atomic mass is 10.0. The van der Waals surface area contributed by atoms with Gasteiger partial charge in [0.1, 0.15) is 0 Å². The van der Waals surface area contributed by atoms with Gasteiger partial charge in [-0.2, -0.15) is 0 Å². The maximum Gasteiger partial charge on any atom is 0.0758 e. The molecule has 0 heterocycles. The number of hydrogen-bond donors (Lipinski definition) is 0. The van der Waals surface area contributed by atoms with E-state index in [4.69, 9.17) is 4.74 Å². The van der Waals surface area contributed by atoms with Crippen LogP contribution in [0.15, 0.2) is 66.7 Å². The van der Waals surface area contributed by atoms with Crippen LogP contribution in [0.5, 0.6) is 0 Å². The molecule has 0 saturated carbocycles. The third-order valence-corrected chi connectivity index (χ3v) is 3.97. The molecule has 0 saturated heterocycles. The van der Waals surface area contributed by atoms with E-state index in [-0.39, 0.29) is 0 Å². The van der Waals surface area contributed by atoms with Crippen LogP contribution in [0.1, 0.15) is 24.8 Å². The van der Waals surface area contributed by atoms with Gasteiger partial charge in [-0.05, 0) is 42.4 Å². The molecule has 0 fully saturated rings. The van der Waals surface area contributed by atoms with E-state index < -0.39 is 0 Å². The molecule has 0 bridgehead atoms. The van der Waals surface area contributed by atoms with Gasteiger partial charge in [-0.1, -0.05) is 66.7 Å². The Hall–Kier alpha value is -1.86. The lowest BCUT2D eigenvalue weighted by Crippen LogP contribution is -2.07. The smallest absolute Gasteiger partial charge is 0.0758 e. The first-order chi connectivity index (χ1) is 10.4. The van der Waals surface area contributed by atoms with E-state index >= 15 is 0 Å². The predicted octanol–water partition coefficient (Wildman–Crippen LogP) is 5.02. The molecule has 1 aliphatic rings. The fourth-order valence-electron chi connectivity index (χ4n) is 2.75. The van der Waals surface area contributed by atoms with Gasteiger partial charge in [-0.25, -0.2) is 0 Å². The third kappa shape index (κ3) is 4.05. The molecular formula is C20H22O. The number of allylic oxidation sites excluding steroid dienone is 1. The molecule has 1 heteroatoms. The second-order valence-electron chi connectivity index (χ2n) is 5.58. The van der Waals surface area contributed by atoms with Gasteiger partial charge in [0.25, 0.3) is 0 Å². The first-order valence-electron chi connectivity index (χ1n) is 7.84. The molecule has 0 aliphatic heterocycles. The number of benzene rings is 2. The van der Waals surface area contributed by atoms with Crippen molar-refractivity contribution in [3.8, 4) is 11.1 Å². The van der Waals surface area contributed by atoms with Gasteiger partial charge in [0.05, 0.1) is 6.10 Å². The summed E-state index contributed by atoms with van der Waals surface area (Å²) in [6.07, 6.45) is 9.28. The molecule has 3 rings (SSSR count). The molecule has 21 heavy (non-hydrogen) atoms. The Bertz CT molecular complexity index is 569. The molecule has 108 valence electrons. The van der Waals surface area contributed by atoms with E-state index in [0.717, 1.165) is 25.9 Å². The summed E-state index contributed by atoms with van der Waals surface area (Å²) in [6, 6.07) is 19.4. The standard InChI is InChI=1S/C20H22O/c1-2-8-18(9-3-1)19-14-12-17(13-15-19)7-6-16-21-20-10-4-5-11-20/h1-4,8-10,12-15,20H,5-7,11,16H2. The normalized spacial score (nSPS) is 17.2. The second-order valence-corrected chi connectivity index (χ2v) is 5.58. The molecule has 1 nitrogen and oxygen atoms in total. The fraction of sp³-hybridized carbons (Fsp3) is 0.300. The molecule has 1 aliphatic carbocycles. The molecule has 0 amide bonds. The van der Waals surface area contributed by atoms with Gasteiger partial charge >= 0.3 is 0 Å². The third-order valence-electron chi connectivity index (χ3n) is 3.97. The van der Waals surface area contributed by atoms with Gasteiger partial charge in [-0.15, -0.1) is 0 Å². The monoisotopic (exact) mass is 278 g/mol. The summed E-state index contributed by atoms with van der Waals surface area (Å²) in [5.41, 5.74) is 3.95. The lowest BCUT2D eigenvalue weighted by molar-refractivity contribution is 0.0835. The van der Waals surface area contributed by atoms with Gasteiger partial charge in [0.2, 0.25) is 0 Å². The average molecular weight is 278 g/mol. The highest BCUT2D eigenvalue weighted by Crippen LogP contribution is 2.20. The van der Waals surface area contributed by atoms with Crippen molar-refractivity contribution in [2.75, 3.05) is 6.61 Å². The molecule has 1 unspecified atom stereocenters. The molecule has 2 aromatic rings. The molecule has 0 aromatic heterocycles. The summed E-state index contributed by atoms with van der Waals surface area (Å²) in [7, 11) is 0. The zero-order chi connectivity index (χ0) is 14.3. The van der Waals surface area contributed by atoms with E-state index in [9.17, 15) is 0 Å². The zero-order valence-electron chi connectivity index (χ0n) is 12.4. The van der Waals surface area contributed by atoms with Crippen molar-refractivity contribution in [3.05, 3.63) is 72.3 Å². The quantitative estimate of drug-likeness (QED) is 0.532. The highest BCUT2D eigenvalue weighted by atomic mass is 16.5. The Morgan fingerprint density at radius 2 is 1.67 bits per heavy atom. The lowest BCUT2D eigenvalue weighted by Gasteiger charge is -2.09. The van der Waals surface area contributed by atoms with E-state index in [1.807, 2.05) is 0 Å². The molecular weight excluding hydrogens is 256 g/mol. The summed E-state index contributed by atoms with van der Waals surface area (Å²) in [5, 5.41) is 0. The van der Waals surface area contributed by atoms with Crippen LogP contribution in [0.25, 0.3) is 11.1 Å². The van der Waals surface area contributed by atoms with Crippen molar-refractivity contribution in [1.82, 2.24) is 0 Å². The van der Waals surface area contributed by atoms with Crippen molar-refractivity contribution in [3.63, 3.8) is 0 Å². The Morgan fingerprint density at radius 3 is 2.38 bits per heavy atom. The average Bonchev–Trinajstić information content (AvgIpc) is 3.06. The highest BCUT2D eigenvalue weighted by molar-refractivity contribution is 5.63. The maximum absolute atomic E-state index is 5.83. The first-order valence-corrected chi connectivity index (χ1v) is 7.84. The van der Waals surface area contributed by atoms with E-state index in [0.29, 0.717) is 6.10 Å². The minimum absolute atomic E-state index is 0.366. The minimum Gasteiger partial charge on any atom is -0.374 e. The van der Waals surface area contributed by atoms with Gasteiger partial charge < -0.3 is 4.74 Å². The largest absolute Gasteiger partial charge is 0.374 e. The van der Waals surface area contributed by atoms with E-state index in [2.05, 4.69) is 66.7 Å². The Morgan fingerprint density at radius 1 is 0.905 bits per heavy atom. The highest BCUT2D eigenvalue weighted by Gasteiger charge is 2.08. The van der Waals surface area contributed by atoms with E-state index in [1.165, 1.54) is 23.1 Å². The summed E-state index contributed by atoms with van der Waals surface area (Å²) in [6.45, 7) is 0.857. The van der Waals surface area contributed by atoms with Crippen LogP contribution in [-0.2, 0) is 11.2 Å². The van der Waals surface area contributed by atoms with Crippen LogP contribution in [0, 0.1) is 0 Å². The second kappa shape index (κ2) is 7.24. The summed E-state index contributed by atoms with van der Waals surface area (Å²) in [4.78, 5) is 0. The van der Waals surface area contributed by atoms with Crippen molar-refractivity contribution in [2.24, 2.45) is 0 Å². The van der Waals surface area contributed by atoms with Crippen LogP contribution in [0.2, 0.25) is 0 Å². The van der Waals surface area contributed by atoms with Crippen LogP contribution >= 0.6 is 0 Å². The predicted molar refractivity (Wildman–Crippen MR) is 88.3 cm³/mol. The van der Waals surface area contributed by atoms with E-state index in [1.54, 1.807) is 0 Å². The first kappa shape index (κ1) is 14.1.